The molecule has 2 aromatic heterocycles. The predicted molar refractivity (Wildman–Crippen MR) is 78.0 cm³/mol. The van der Waals surface area contributed by atoms with Crippen LogP contribution in [-0.4, -0.2) is 32.0 Å². The average Bonchev–Trinajstić information content (AvgIpc) is 2.84. The molecule has 0 fully saturated rings. The summed E-state index contributed by atoms with van der Waals surface area (Å²) in [7, 11) is 3.43. The average molecular weight is 284 g/mol. The Morgan fingerprint density at radius 3 is 2.90 bits per heavy atom. The lowest BCUT2D eigenvalue weighted by molar-refractivity contribution is 0.171. The first-order chi connectivity index (χ1) is 10.2. The molecule has 0 aliphatic carbocycles. The van der Waals surface area contributed by atoms with Crippen LogP contribution < -0.4 is 4.74 Å². The minimum atomic E-state index is -0.750. The zero-order valence-corrected chi connectivity index (χ0v) is 11.9. The van der Waals surface area contributed by atoms with E-state index in [1.165, 1.54) is 13.4 Å². The van der Waals surface area contributed by atoms with E-state index in [2.05, 4.69) is 15.1 Å². The van der Waals surface area contributed by atoms with Gasteiger partial charge in [-0.05, 0) is 6.07 Å². The molecule has 108 valence electrons. The van der Waals surface area contributed by atoms with Gasteiger partial charge in [0.1, 0.15) is 12.4 Å². The Kier molecular flexibility index (Phi) is 3.53. The van der Waals surface area contributed by atoms with E-state index in [-0.39, 0.29) is 0 Å². The fourth-order valence-electron chi connectivity index (χ4n) is 2.37. The molecule has 0 saturated carbocycles. The summed E-state index contributed by atoms with van der Waals surface area (Å²) in [6.45, 7) is 0. The highest BCUT2D eigenvalue weighted by atomic mass is 16.5. The van der Waals surface area contributed by atoms with Crippen LogP contribution in [0, 0.1) is 0 Å². The van der Waals surface area contributed by atoms with Crippen molar-refractivity contribution in [2.24, 2.45) is 7.05 Å². The summed E-state index contributed by atoms with van der Waals surface area (Å²) in [4.78, 5) is 8.03. The van der Waals surface area contributed by atoms with Crippen molar-refractivity contribution in [2.45, 2.75) is 12.5 Å². The van der Waals surface area contributed by atoms with Crippen LogP contribution in [-0.2, 0) is 13.5 Å². The van der Waals surface area contributed by atoms with Crippen LogP contribution in [0.3, 0.4) is 0 Å². The van der Waals surface area contributed by atoms with Crippen molar-refractivity contribution in [3.8, 4) is 5.88 Å². The molecule has 1 atom stereocenters. The second-order valence-corrected chi connectivity index (χ2v) is 4.79. The van der Waals surface area contributed by atoms with E-state index in [0.29, 0.717) is 18.0 Å². The lowest BCUT2D eigenvalue weighted by Gasteiger charge is -2.09. The van der Waals surface area contributed by atoms with Crippen LogP contribution in [0.2, 0.25) is 0 Å². The quantitative estimate of drug-likeness (QED) is 0.788. The summed E-state index contributed by atoms with van der Waals surface area (Å²) in [6, 6.07) is 9.58. The lowest BCUT2D eigenvalue weighted by Crippen LogP contribution is -2.06. The Balaban J connectivity index is 1.91. The van der Waals surface area contributed by atoms with Gasteiger partial charge in [-0.25, -0.2) is 9.97 Å². The minimum absolute atomic E-state index is 0.390. The number of rotatable bonds is 4. The molecule has 1 unspecified atom stereocenters. The maximum Gasteiger partial charge on any atom is 0.216 e. The Morgan fingerprint density at radius 2 is 2.10 bits per heavy atom. The van der Waals surface area contributed by atoms with Crippen LogP contribution in [0.5, 0.6) is 5.88 Å². The normalized spacial score (nSPS) is 12.5. The van der Waals surface area contributed by atoms with Crippen molar-refractivity contribution >= 4 is 10.9 Å². The first kappa shape index (κ1) is 13.5. The molecule has 2 heterocycles. The molecular weight excluding hydrogens is 268 g/mol. The summed E-state index contributed by atoms with van der Waals surface area (Å²) in [5, 5.41) is 15.9. The third-order valence-electron chi connectivity index (χ3n) is 3.43. The van der Waals surface area contributed by atoms with Gasteiger partial charge in [0.15, 0.2) is 0 Å². The number of nitrogens with zero attached hydrogens (tertiary/aromatic N) is 4. The van der Waals surface area contributed by atoms with Gasteiger partial charge in [-0.15, -0.1) is 0 Å². The van der Waals surface area contributed by atoms with Gasteiger partial charge in [-0.3, -0.25) is 4.68 Å². The molecule has 0 amide bonds. The number of methoxy groups -OCH3 is 1. The number of hydrogen-bond donors (Lipinski definition) is 1. The molecule has 0 saturated heterocycles. The number of para-hydroxylation sites is 1. The van der Waals surface area contributed by atoms with Gasteiger partial charge in [0.25, 0.3) is 0 Å². The molecule has 0 aliphatic heterocycles. The molecule has 0 spiro atoms. The zero-order valence-electron chi connectivity index (χ0n) is 11.9. The van der Waals surface area contributed by atoms with E-state index in [1.54, 1.807) is 6.07 Å². The van der Waals surface area contributed by atoms with Crippen LogP contribution in [0.25, 0.3) is 10.9 Å². The van der Waals surface area contributed by atoms with E-state index in [4.69, 9.17) is 4.74 Å². The maximum absolute atomic E-state index is 10.4. The highest BCUT2D eigenvalue weighted by Crippen LogP contribution is 2.23. The molecule has 3 aromatic rings. The largest absolute Gasteiger partial charge is 0.481 e. The molecule has 0 bridgehead atoms. The SMILES string of the molecule is COc1cc(C(O)Cc2nn(C)c3ccccc23)ncn1. The lowest BCUT2D eigenvalue weighted by atomic mass is 10.1. The Bertz CT molecular complexity index is 769. The molecule has 21 heavy (non-hydrogen) atoms. The second kappa shape index (κ2) is 5.49. The number of aliphatic hydroxyl groups excluding tert-OH is 1. The molecule has 0 radical (unpaired) electrons. The molecular formula is C15H16N4O2. The van der Waals surface area contributed by atoms with E-state index >= 15 is 0 Å². The fraction of sp³-hybridized carbons (Fsp3) is 0.267. The van der Waals surface area contributed by atoms with Gasteiger partial charge in [0.05, 0.1) is 24.0 Å². The number of aliphatic hydroxyl groups is 1. The van der Waals surface area contributed by atoms with Crippen LogP contribution >= 0.6 is 0 Å². The van der Waals surface area contributed by atoms with Crippen molar-refractivity contribution in [3.63, 3.8) is 0 Å². The van der Waals surface area contributed by atoms with Crippen molar-refractivity contribution in [2.75, 3.05) is 7.11 Å². The van der Waals surface area contributed by atoms with Gasteiger partial charge in [-0.2, -0.15) is 5.10 Å². The summed E-state index contributed by atoms with van der Waals surface area (Å²) >= 11 is 0. The first-order valence-corrected chi connectivity index (χ1v) is 6.63. The molecule has 6 nitrogen and oxygen atoms in total. The number of fused-ring (bicyclic) bond motifs is 1. The third kappa shape index (κ3) is 2.57. The Hall–Kier alpha value is -2.47. The molecule has 0 aliphatic rings. The summed E-state index contributed by atoms with van der Waals surface area (Å²) < 4.78 is 6.87. The van der Waals surface area contributed by atoms with Crippen molar-refractivity contribution in [3.05, 3.63) is 48.0 Å². The summed E-state index contributed by atoms with van der Waals surface area (Å²) in [5.74, 6) is 0.435. The first-order valence-electron chi connectivity index (χ1n) is 6.63. The van der Waals surface area contributed by atoms with Gasteiger partial charge in [0, 0.05) is 24.9 Å². The molecule has 1 aromatic carbocycles. The number of benzene rings is 1. The molecule has 1 N–H and O–H groups in total. The summed E-state index contributed by atoms with van der Waals surface area (Å²) in [6.07, 6.45) is 1.02. The summed E-state index contributed by atoms with van der Waals surface area (Å²) in [5.41, 5.74) is 2.41. The molecule has 6 heteroatoms. The number of hydrogen-bond acceptors (Lipinski definition) is 5. The number of ether oxygens (including phenoxy) is 1. The van der Waals surface area contributed by atoms with Crippen molar-refractivity contribution in [1.82, 2.24) is 19.7 Å². The Labute approximate surface area is 122 Å². The van der Waals surface area contributed by atoms with Crippen molar-refractivity contribution < 1.29 is 9.84 Å². The Morgan fingerprint density at radius 1 is 1.29 bits per heavy atom. The third-order valence-corrected chi connectivity index (χ3v) is 3.43. The second-order valence-electron chi connectivity index (χ2n) is 4.79. The standard InChI is InChI=1S/C15H16N4O2/c1-19-13-6-4-3-5-10(13)11(18-19)7-14(20)12-8-15(21-2)17-9-16-12/h3-6,8-9,14,20H,7H2,1-2H3. The number of aromatic nitrogens is 4. The van der Waals surface area contributed by atoms with Crippen LogP contribution in [0.1, 0.15) is 17.5 Å². The topological polar surface area (TPSA) is 73.1 Å². The van der Waals surface area contributed by atoms with E-state index in [9.17, 15) is 5.11 Å². The van der Waals surface area contributed by atoms with Gasteiger partial charge in [-0.1, -0.05) is 18.2 Å². The van der Waals surface area contributed by atoms with Crippen LogP contribution in [0.15, 0.2) is 36.7 Å². The molecule has 3 rings (SSSR count). The predicted octanol–water partition coefficient (Wildman–Crippen LogP) is 1.65. The van der Waals surface area contributed by atoms with E-state index < -0.39 is 6.10 Å². The maximum atomic E-state index is 10.4. The fourth-order valence-corrected chi connectivity index (χ4v) is 2.37. The van der Waals surface area contributed by atoms with Gasteiger partial charge in [0.2, 0.25) is 5.88 Å². The van der Waals surface area contributed by atoms with Gasteiger partial charge >= 0.3 is 0 Å². The highest BCUT2D eigenvalue weighted by molar-refractivity contribution is 5.81. The van der Waals surface area contributed by atoms with Crippen molar-refractivity contribution in [1.29, 1.82) is 0 Å². The van der Waals surface area contributed by atoms with E-state index in [0.717, 1.165) is 16.6 Å². The smallest absolute Gasteiger partial charge is 0.216 e. The van der Waals surface area contributed by atoms with Gasteiger partial charge < -0.3 is 9.84 Å². The van der Waals surface area contributed by atoms with Crippen LogP contribution in [0.4, 0.5) is 0 Å². The zero-order chi connectivity index (χ0) is 14.8. The highest BCUT2D eigenvalue weighted by Gasteiger charge is 2.16. The minimum Gasteiger partial charge on any atom is -0.481 e. The monoisotopic (exact) mass is 284 g/mol. The number of aryl methyl sites for hydroxylation is 1. The van der Waals surface area contributed by atoms with E-state index in [1.807, 2.05) is 36.0 Å².